The largest absolute Gasteiger partial charge is 0.479 e. The summed E-state index contributed by atoms with van der Waals surface area (Å²) in [5.74, 6) is -1.23. The first-order valence-corrected chi connectivity index (χ1v) is 7.06. The molecular formula is C18H18O4. The van der Waals surface area contributed by atoms with Gasteiger partial charge in [-0.05, 0) is 25.5 Å². The Morgan fingerprint density at radius 3 is 2.27 bits per heavy atom. The Kier molecular flexibility index (Phi) is 4.73. The highest BCUT2D eigenvalue weighted by molar-refractivity contribution is 6.09. The van der Waals surface area contributed by atoms with Crippen molar-refractivity contribution in [3.8, 4) is 0 Å². The summed E-state index contributed by atoms with van der Waals surface area (Å²) in [6.07, 6.45) is 0. The third kappa shape index (κ3) is 3.07. The quantitative estimate of drug-likeness (QED) is 0.831. The minimum atomic E-state index is -1.47. The van der Waals surface area contributed by atoms with Crippen molar-refractivity contribution < 1.29 is 19.4 Å². The van der Waals surface area contributed by atoms with Crippen LogP contribution in [-0.2, 0) is 15.1 Å². The van der Waals surface area contributed by atoms with Crippen molar-refractivity contribution in [3.05, 3.63) is 71.3 Å². The Balaban J connectivity index is 2.42. The Bertz CT molecular complexity index is 678. The molecule has 1 unspecified atom stereocenters. The van der Waals surface area contributed by atoms with Gasteiger partial charge in [-0.25, -0.2) is 4.79 Å². The van der Waals surface area contributed by atoms with E-state index in [-0.39, 0.29) is 12.4 Å². The fourth-order valence-corrected chi connectivity index (χ4v) is 2.27. The molecule has 0 amide bonds. The minimum absolute atomic E-state index is 0.147. The van der Waals surface area contributed by atoms with Crippen molar-refractivity contribution in [2.75, 3.05) is 6.61 Å². The summed E-state index contributed by atoms with van der Waals surface area (Å²) in [6.45, 7) is 3.49. The average Bonchev–Trinajstić information content (AvgIpc) is 2.55. The van der Waals surface area contributed by atoms with E-state index >= 15 is 0 Å². The summed E-state index contributed by atoms with van der Waals surface area (Å²) in [7, 11) is 0. The van der Waals surface area contributed by atoms with Crippen molar-refractivity contribution in [1.82, 2.24) is 0 Å². The molecule has 4 heteroatoms. The minimum Gasteiger partial charge on any atom is -0.479 e. The topological polar surface area (TPSA) is 63.6 Å². The first kappa shape index (κ1) is 15.9. The molecule has 1 atom stereocenters. The first-order chi connectivity index (χ1) is 10.5. The predicted octanol–water partition coefficient (Wildman–Crippen LogP) is 3.25. The summed E-state index contributed by atoms with van der Waals surface area (Å²) >= 11 is 0. The number of carbonyl (C=O) groups excluding carboxylic acids is 1. The fraction of sp³-hybridized carbons (Fsp3) is 0.222. The van der Waals surface area contributed by atoms with Gasteiger partial charge in [0, 0.05) is 17.7 Å². The Morgan fingerprint density at radius 2 is 1.68 bits per heavy atom. The van der Waals surface area contributed by atoms with E-state index in [0.29, 0.717) is 16.7 Å². The second-order valence-electron chi connectivity index (χ2n) is 5.05. The number of rotatable bonds is 6. The van der Waals surface area contributed by atoms with Gasteiger partial charge in [0.05, 0.1) is 0 Å². The number of carboxylic acid groups (broad SMARTS) is 1. The van der Waals surface area contributed by atoms with Gasteiger partial charge in [0.2, 0.25) is 0 Å². The molecule has 1 N–H and O–H groups in total. The van der Waals surface area contributed by atoms with Gasteiger partial charge in [0.25, 0.3) is 0 Å². The van der Waals surface area contributed by atoms with Crippen molar-refractivity contribution in [2.24, 2.45) is 0 Å². The number of aliphatic carboxylic acids is 1. The van der Waals surface area contributed by atoms with Gasteiger partial charge < -0.3 is 9.84 Å². The van der Waals surface area contributed by atoms with E-state index in [1.54, 1.807) is 55.5 Å². The van der Waals surface area contributed by atoms with Crippen molar-refractivity contribution >= 4 is 11.8 Å². The number of ketones is 1. The van der Waals surface area contributed by atoms with Crippen LogP contribution in [0.15, 0.2) is 54.6 Å². The smallest absolute Gasteiger partial charge is 0.340 e. The van der Waals surface area contributed by atoms with E-state index < -0.39 is 11.6 Å². The lowest BCUT2D eigenvalue weighted by Gasteiger charge is -2.25. The molecule has 0 aliphatic carbocycles. The highest BCUT2D eigenvalue weighted by Gasteiger charge is 2.36. The van der Waals surface area contributed by atoms with E-state index in [2.05, 4.69) is 0 Å². The molecule has 0 saturated carbocycles. The molecule has 0 saturated heterocycles. The van der Waals surface area contributed by atoms with Crippen LogP contribution in [0.25, 0.3) is 0 Å². The summed E-state index contributed by atoms with van der Waals surface area (Å²) in [5, 5.41) is 9.45. The van der Waals surface area contributed by atoms with Gasteiger partial charge in [-0.15, -0.1) is 0 Å². The molecular weight excluding hydrogens is 280 g/mol. The molecule has 4 nitrogen and oxygen atoms in total. The van der Waals surface area contributed by atoms with Gasteiger partial charge in [-0.1, -0.05) is 48.5 Å². The van der Waals surface area contributed by atoms with Gasteiger partial charge in [0.1, 0.15) is 0 Å². The van der Waals surface area contributed by atoms with Crippen molar-refractivity contribution in [1.29, 1.82) is 0 Å². The normalized spacial score (nSPS) is 13.4. The number of hydrogen-bond donors (Lipinski definition) is 1. The maximum Gasteiger partial charge on any atom is 0.340 e. The molecule has 0 aliphatic rings. The summed E-state index contributed by atoms with van der Waals surface area (Å²) in [4.78, 5) is 24.0. The number of benzene rings is 2. The Labute approximate surface area is 129 Å². The molecule has 0 bridgehead atoms. The molecule has 2 aromatic rings. The van der Waals surface area contributed by atoms with Crippen LogP contribution in [0.3, 0.4) is 0 Å². The van der Waals surface area contributed by atoms with Crippen LogP contribution in [0, 0.1) is 0 Å². The monoisotopic (exact) mass is 298 g/mol. The standard InChI is InChI=1S/C18H18O4/c1-3-22-18(2,17(20)21)15-11-7-10-14(12-15)16(19)13-8-5-4-6-9-13/h4-12H,3H2,1-2H3,(H,20,21). The number of carbonyl (C=O) groups is 2. The molecule has 22 heavy (non-hydrogen) atoms. The first-order valence-electron chi connectivity index (χ1n) is 7.06. The van der Waals surface area contributed by atoms with E-state index in [1.165, 1.54) is 6.92 Å². The molecule has 114 valence electrons. The van der Waals surface area contributed by atoms with Crippen LogP contribution in [0.2, 0.25) is 0 Å². The van der Waals surface area contributed by atoms with Crippen molar-refractivity contribution in [2.45, 2.75) is 19.4 Å². The highest BCUT2D eigenvalue weighted by atomic mass is 16.5. The van der Waals surface area contributed by atoms with Gasteiger partial charge in [0.15, 0.2) is 11.4 Å². The van der Waals surface area contributed by atoms with Crippen LogP contribution in [0.4, 0.5) is 0 Å². The zero-order valence-corrected chi connectivity index (χ0v) is 12.6. The van der Waals surface area contributed by atoms with Crippen LogP contribution in [-0.4, -0.2) is 23.5 Å². The second-order valence-corrected chi connectivity index (χ2v) is 5.05. The van der Waals surface area contributed by atoms with Crippen molar-refractivity contribution in [3.63, 3.8) is 0 Å². The summed E-state index contributed by atoms with van der Waals surface area (Å²) in [5.41, 5.74) is -0.0190. The number of carboxylic acids is 1. The molecule has 0 spiro atoms. The summed E-state index contributed by atoms with van der Waals surface area (Å²) < 4.78 is 5.41. The predicted molar refractivity (Wildman–Crippen MR) is 82.9 cm³/mol. The van der Waals surface area contributed by atoms with Crippen LogP contribution in [0.5, 0.6) is 0 Å². The van der Waals surface area contributed by atoms with Crippen LogP contribution >= 0.6 is 0 Å². The van der Waals surface area contributed by atoms with E-state index in [0.717, 1.165) is 0 Å². The van der Waals surface area contributed by atoms with E-state index in [4.69, 9.17) is 4.74 Å². The lowest BCUT2D eigenvalue weighted by atomic mass is 9.92. The maximum absolute atomic E-state index is 12.5. The van der Waals surface area contributed by atoms with Gasteiger partial charge in [-0.3, -0.25) is 4.79 Å². The Morgan fingerprint density at radius 1 is 1.05 bits per heavy atom. The van der Waals surface area contributed by atoms with Gasteiger partial charge in [-0.2, -0.15) is 0 Å². The number of ether oxygens (including phenoxy) is 1. The van der Waals surface area contributed by atoms with E-state index in [9.17, 15) is 14.7 Å². The molecule has 0 heterocycles. The van der Waals surface area contributed by atoms with Gasteiger partial charge >= 0.3 is 5.97 Å². The van der Waals surface area contributed by atoms with E-state index in [1.807, 2.05) is 6.07 Å². The van der Waals surface area contributed by atoms with Crippen LogP contribution < -0.4 is 0 Å². The number of hydrogen-bond acceptors (Lipinski definition) is 3. The summed E-state index contributed by atoms with van der Waals surface area (Å²) in [6, 6.07) is 15.5. The molecule has 2 aromatic carbocycles. The zero-order valence-electron chi connectivity index (χ0n) is 12.6. The SMILES string of the molecule is CCOC(C)(C(=O)O)c1cccc(C(=O)c2ccccc2)c1. The maximum atomic E-state index is 12.5. The highest BCUT2D eigenvalue weighted by Crippen LogP contribution is 2.27. The third-order valence-electron chi connectivity index (χ3n) is 3.55. The average molecular weight is 298 g/mol. The molecule has 2 rings (SSSR count). The van der Waals surface area contributed by atoms with Crippen LogP contribution in [0.1, 0.15) is 35.3 Å². The lowest BCUT2D eigenvalue weighted by molar-refractivity contribution is -0.164. The zero-order chi connectivity index (χ0) is 16.2. The lowest BCUT2D eigenvalue weighted by Crippen LogP contribution is -2.35. The Hall–Kier alpha value is -2.46. The molecule has 0 fully saturated rings. The molecule has 0 aromatic heterocycles. The molecule has 0 radical (unpaired) electrons. The third-order valence-corrected chi connectivity index (χ3v) is 3.55. The molecule has 0 aliphatic heterocycles. The second kappa shape index (κ2) is 6.54. The fourth-order valence-electron chi connectivity index (χ4n) is 2.27.